The number of thioether (sulfide) groups is 1. The van der Waals surface area contributed by atoms with E-state index in [1.165, 1.54) is 0 Å². The summed E-state index contributed by atoms with van der Waals surface area (Å²) in [6, 6.07) is 0.402. The summed E-state index contributed by atoms with van der Waals surface area (Å²) in [6.07, 6.45) is 4.18. The Morgan fingerprint density at radius 3 is 2.83 bits per heavy atom. The molecule has 2 aromatic heterocycles. The van der Waals surface area contributed by atoms with Gasteiger partial charge >= 0.3 is 0 Å². The van der Waals surface area contributed by atoms with Crippen molar-refractivity contribution in [3.63, 3.8) is 0 Å². The number of hydrogen-bond acceptors (Lipinski definition) is 3. The molecular weight excluding hydrogens is 264 g/mol. The molecule has 2 heterocycles. The molecule has 0 amide bonds. The molecule has 1 unspecified atom stereocenters. The first kappa shape index (κ1) is 13.7. The third kappa shape index (κ3) is 2.23. The van der Waals surface area contributed by atoms with Gasteiger partial charge in [-0.2, -0.15) is 16.9 Å². The Bertz CT molecular complexity index is 593. The van der Waals surface area contributed by atoms with Crippen LogP contribution in [0.4, 0.5) is 0 Å². The number of aromatic amines is 1. The summed E-state index contributed by atoms with van der Waals surface area (Å²) < 4.78 is 4.95. The van der Waals surface area contributed by atoms with Crippen LogP contribution in [0.2, 0.25) is 0 Å². The minimum atomic E-state index is 0.402. The van der Waals surface area contributed by atoms with Gasteiger partial charge in [0.05, 0.1) is 5.69 Å². The topological polar surface area (TPSA) is 38.5 Å². The lowest BCUT2D eigenvalue weighted by molar-refractivity contribution is 0.529. The second-order valence-electron chi connectivity index (χ2n) is 4.55. The largest absolute Gasteiger partial charge is 0.328 e. The molecule has 0 spiro atoms. The molecule has 2 rings (SSSR count). The molecular formula is C12H20N4S2. The van der Waals surface area contributed by atoms with E-state index >= 15 is 0 Å². The van der Waals surface area contributed by atoms with Crippen molar-refractivity contribution in [3.05, 3.63) is 10.5 Å². The smallest absolute Gasteiger partial charge is 0.179 e. The van der Waals surface area contributed by atoms with Gasteiger partial charge in [-0.1, -0.05) is 6.92 Å². The summed E-state index contributed by atoms with van der Waals surface area (Å²) in [5, 5.41) is 4.55. The number of aryl methyl sites for hydroxylation is 2. The number of nitrogens with zero attached hydrogens (tertiary/aromatic N) is 3. The van der Waals surface area contributed by atoms with E-state index in [1.807, 2.05) is 23.5 Å². The van der Waals surface area contributed by atoms with Gasteiger partial charge in [-0.3, -0.25) is 9.25 Å². The fraction of sp³-hybridized carbons (Fsp3) is 0.667. The van der Waals surface area contributed by atoms with Crippen LogP contribution in [0.5, 0.6) is 0 Å². The molecule has 18 heavy (non-hydrogen) atoms. The summed E-state index contributed by atoms with van der Waals surface area (Å²) >= 11 is 7.33. The zero-order valence-corrected chi connectivity index (χ0v) is 13.0. The van der Waals surface area contributed by atoms with E-state index in [-0.39, 0.29) is 0 Å². The first-order valence-corrected chi connectivity index (χ1v) is 8.05. The highest BCUT2D eigenvalue weighted by Crippen LogP contribution is 2.24. The van der Waals surface area contributed by atoms with Gasteiger partial charge in [0.25, 0.3) is 0 Å². The molecule has 0 aliphatic carbocycles. The van der Waals surface area contributed by atoms with Crippen molar-refractivity contribution < 1.29 is 0 Å². The van der Waals surface area contributed by atoms with Crippen LogP contribution in [0.15, 0.2) is 0 Å². The van der Waals surface area contributed by atoms with E-state index < -0.39 is 0 Å². The summed E-state index contributed by atoms with van der Waals surface area (Å²) in [4.78, 5) is 3.31. The van der Waals surface area contributed by atoms with Crippen LogP contribution in [0.25, 0.3) is 11.2 Å². The van der Waals surface area contributed by atoms with E-state index in [1.54, 1.807) is 0 Å². The van der Waals surface area contributed by atoms with Crippen molar-refractivity contribution in [1.29, 1.82) is 0 Å². The molecule has 0 saturated heterocycles. The summed E-state index contributed by atoms with van der Waals surface area (Å²) in [7, 11) is 1.99. The first-order chi connectivity index (χ1) is 8.60. The van der Waals surface area contributed by atoms with E-state index in [0.717, 1.165) is 40.2 Å². The van der Waals surface area contributed by atoms with Crippen molar-refractivity contribution in [1.82, 2.24) is 19.3 Å². The van der Waals surface area contributed by atoms with Crippen molar-refractivity contribution in [2.75, 3.05) is 12.0 Å². The van der Waals surface area contributed by atoms with Crippen LogP contribution in [0.1, 0.15) is 32.0 Å². The highest BCUT2D eigenvalue weighted by Gasteiger charge is 2.17. The third-order valence-electron chi connectivity index (χ3n) is 3.28. The Hall–Kier alpha value is -0.750. The lowest BCUT2D eigenvalue weighted by Crippen LogP contribution is -2.09. The van der Waals surface area contributed by atoms with Gasteiger partial charge in [0.2, 0.25) is 0 Å². The Morgan fingerprint density at radius 2 is 2.22 bits per heavy atom. The second-order valence-corrected chi connectivity index (χ2v) is 5.93. The van der Waals surface area contributed by atoms with Crippen LogP contribution in [-0.2, 0) is 13.5 Å². The average molecular weight is 284 g/mol. The maximum Gasteiger partial charge on any atom is 0.179 e. The number of aromatic nitrogens is 4. The van der Waals surface area contributed by atoms with E-state index in [9.17, 15) is 0 Å². The molecule has 0 saturated carbocycles. The lowest BCUT2D eigenvalue weighted by Gasteiger charge is -2.13. The molecule has 0 aromatic carbocycles. The predicted molar refractivity (Wildman–Crippen MR) is 81.0 cm³/mol. The highest BCUT2D eigenvalue weighted by molar-refractivity contribution is 7.98. The zero-order chi connectivity index (χ0) is 13.3. The molecule has 6 heteroatoms. The number of rotatable bonds is 5. The van der Waals surface area contributed by atoms with E-state index in [4.69, 9.17) is 12.2 Å². The third-order valence-corrected chi connectivity index (χ3v) is 4.23. The Kier molecular flexibility index (Phi) is 4.17. The number of hydrogen-bond donors (Lipinski definition) is 1. The minimum absolute atomic E-state index is 0.402. The lowest BCUT2D eigenvalue weighted by atomic mass is 10.2. The van der Waals surface area contributed by atoms with Crippen LogP contribution >= 0.6 is 24.0 Å². The first-order valence-electron chi connectivity index (χ1n) is 6.25. The van der Waals surface area contributed by atoms with Crippen molar-refractivity contribution in [2.24, 2.45) is 7.05 Å². The molecule has 0 bridgehead atoms. The van der Waals surface area contributed by atoms with Crippen LogP contribution in [-0.4, -0.2) is 31.3 Å². The zero-order valence-electron chi connectivity index (χ0n) is 11.4. The number of fused-ring (bicyclic) bond motifs is 1. The summed E-state index contributed by atoms with van der Waals surface area (Å²) in [6.45, 7) is 4.34. The van der Waals surface area contributed by atoms with Gasteiger partial charge in [0.15, 0.2) is 10.4 Å². The summed E-state index contributed by atoms with van der Waals surface area (Å²) in [5.41, 5.74) is 3.31. The monoisotopic (exact) mass is 284 g/mol. The molecule has 0 aliphatic heterocycles. The maximum absolute atomic E-state index is 5.46. The number of H-pyrrole nitrogens is 1. The number of nitrogens with one attached hydrogen (secondary N) is 1. The van der Waals surface area contributed by atoms with Crippen molar-refractivity contribution in [2.45, 2.75) is 32.7 Å². The Balaban J connectivity index is 2.53. The molecule has 2 aromatic rings. The SMILES string of the molecule is CCc1nn(C)c2c1[nH]c(=S)n2C(C)CCSC. The standard InChI is InChI=1S/C12H20N4S2/c1-5-9-10-11(15(3)14-9)16(12(17)13-10)8(2)6-7-18-4/h8H,5-7H2,1-4H3,(H,13,17). The molecule has 0 radical (unpaired) electrons. The highest BCUT2D eigenvalue weighted by atomic mass is 32.2. The minimum Gasteiger partial charge on any atom is -0.328 e. The van der Waals surface area contributed by atoms with Gasteiger partial charge in [0, 0.05) is 13.1 Å². The second kappa shape index (κ2) is 5.48. The Morgan fingerprint density at radius 1 is 1.50 bits per heavy atom. The fourth-order valence-corrected chi connectivity index (χ4v) is 3.26. The predicted octanol–water partition coefficient (Wildman–Crippen LogP) is 3.31. The molecule has 0 aliphatic rings. The normalized spacial score (nSPS) is 13.3. The maximum atomic E-state index is 5.46. The molecule has 0 fully saturated rings. The molecule has 100 valence electrons. The van der Waals surface area contributed by atoms with Crippen molar-refractivity contribution >= 4 is 35.1 Å². The molecule has 4 nitrogen and oxygen atoms in total. The average Bonchev–Trinajstić information content (AvgIpc) is 2.83. The van der Waals surface area contributed by atoms with Crippen LogP contribution < -0.4 is 0 Å². The van der Waals surface area contributed by atoms with Gasteiger partial charge in [-0.05, 0) is 44.0 Å². The van der Waals surface area contributed by atoms with Crippen molar-refractivity contribution in [3.8, 4) is 0 Å². The Labute approximate surface area is 117 Å². The van der Waals surface area contributed by atoms with Crippen LogP contribution in [0, 0.1) is 4.77 Å². The van der Waals surface area contributed by atoms with Gasteiger partial charge < -0.3 is 4.98 Å². The van der Waals surface area contributed by atoms with E-state index in [0.29, 0.717) is 6.04 Å². The van der Waals surface area contributed by atoms with Gasteiger partial charge in [-0.15, -0.1) is 0 Å². The molecule has 1 N–H and O–H groups in total. The van der Waals surface area contributed by atoms with E-state index in [2.05, 4.69) is 34.8 Å². The summed E-state index contributed by atoms with van der Waals surface area (Å²) in [5.74, 6) is 1.15. The fourth-order valence-electron chi connectivity index (χ4n) is 2.31. The quantitative estimate of drug-likeness (QED) is 0.856. The number of imidazole rings is 1. The molecule has 1 atom stereocenters. The van der Waals surface area contributed by atoms with Crippen LogP contribution in [0.3, 0.4) is 0 Å². The van der Waals surface area contributed by atoms with Gasteiger partial charge in [-0.25, -0.2) is 0 Å². The van der Waals surface area contributed by atoms with Gasteiger partial charge in [0.1, 0.15) is 5.52 Å².